The second-order valence-electron chi connectivity index (χ2n) is 5.92. The van der Waals surface area contributed by atoms with Crippen LogP contribution in [0, 0.1) is 13.8 Å². The van der Waals surface area contributed by atoms with Gasteiger partial charge in [-0.2, -0.15) is 0 Å². The largest absolute Gasteiger partial charge is 0.496 e. The Morgan fingerprint density at radius 1 is 1.09 bits per heavy atom. The van der Waals surface area contributed by atoms with E-state index in [-0.39, 0.29) is 11.6 Å². The zero-order valence-corrected chi connectivity index (χ0v) is 13.9. The lowest BCUT2D eigenvalue weighted by Crippen LogP contribution is -2.31. The van der Waals surface area contributed by atoms with Gasteiger partial charge in [0, 0.05) is 22.9 Å². The minimum absolute atomic E-state index is 0.0361. The summed E-state index contributed by atoms with van der Waals surface area (Å²) in [5, 5.41) is 0. The predicted molar refractivity (Wildman–Crippen MR) is 89.6 cm³/mol. The summed E-state index contributed by atoms with van der Waals surface area (Å²) in [6, 6.07) is 9.19. The summed E-state index contributed by atoms with van der Waals surface area (Å²) in [7, 11) is 1.61. The van der Waals surface area contributed by atoms with E-state index in [0.717, 1.165) is 16.8 Å². The highest BCUT2D eigenvalue weighted by atomic mass is 16.5. The molecule has 118 valence electrons. The van der Waals surface area contributed by atoms with Crippen LogP contribution >= 0.6 is 0 Å². The Hall–Kier alpha value is -2.07. The van der Waals surface area contributed by atoms with Crippen molar-refractivity contribution in [1.29, 1.82) is 0 Å². The first-order valence-electron chi connectivity index (χ1n) is 7.49. The lowest BCUT2D eigenvalue weighted by Gasteiger charge is -2.20. The van der Waals surface area contributed by atoms with Crippen molar-refractivity contribution in [2.24, 2.45) is 5.73 Å². The van der Waals surface area contributed by atoms with E-state index in [1.165, 1.54) is 0 Å². The zero-order chi connectivity index (χ0) is 16.4. The number of aryl methyl sites for hydroxylation is 2. The van der Waals surface area contributed by atoms with Crippen LogP contribution in [-0.2, 0) is 0 Å². The molecule has 0 fully saturated rings. The van der Waals surface area contributed by atoms with E-state index < -0.39 is 6.04 Å². The van der Waals surface area contributed by atoms with E-state index in [1.54, 1.807) is 11.7 Å². The molecule has 22 heavy (non-hydrogen) atoms. The van der Waals surface area contributed by atoms with Crippen molar-refractivity contribution in [3.8, 4) is 5.75 Å². The second kappa shape index (κ2) is 6.36. The molecule has 4 heteroatoms. The van der Waals surface area contributed by atoms with Gasteiger partial charge in [0.2, 0.25) is 0 Å². The number of rotatable bonds is 4. The van der Waals surface area contributed by atoms with Crippen LogP contribution in [0.3, 0.4) is 0 Å². The molecule has 1 heterocycles. The van der Waals surface area contributed by atoms with Crippen LogP contribution in [0.25, 0.3) is 0 Å². The Labute approximate surface area is 131 Å². The molecule has 0 aliphatic rings. The molecule has 2 rings (SSSR count). The third kappa shape index (κ3) is 2.92. The lowest BCUT2D eigenvalue weighted by atomic mass is 9.97. The summed E-state index contributed by atoms with van der Waals surface area (Å²) in [5.74, 6) is 0.703. The highest BCUT2D eigenvalue weighted by Crippen LogP contribution is 2.28. The number of methoxy groups -OCH3 is 1. The number of nitrogens with zero attached hydrogens (tertiary/aromatic N) is 1. The first-order chi connectivity index (χ1) is 10.4. The number of benzene rings is 1. The van der Waals surface area contributed by atoms with Gasteiger partial charge in [0.25, 0.3) is 5.56 Å². The second-order valence-corrected chi connectivity index (χ2v) is 5.92. The van der Waals surface area contributed by atoms with Gasteiger partial charge < -0.3 is 15.0 Å². The Morgan fingerprint density at radius 2 is 1.77 bits per heavy atom. The van der Waals surface area contributed by atoms with Crippen molar-refractivity contribution in [2.45, 2.75) is 39.8 Å². The van der Waals surface area contributed by atoms with E-state index in [1.807, 2.05) is 58.0 Å². The molecule has 1 atom stereocenters. The molecule has 0 aliphatic carbocycles. The van der Waals surface area contributed by atoms with Gasteiger partial charge in [-0.3, -0.25) is 4.79 Å². The first kappa shape index (κ1) is 16.3. The fourth-order valence-corrected chi connectivity index (χ4v) is 2.80. The number of hydrogen-bond acceptors (Lipinski definition) is 3. The third-order valence-electron chi connectivity index (χ3n) is 3.92. The van der Waals surface area contributed by atoms with Crippen LogP contribution in [0.5, 0.6) is 5.75 Å². The predicted octanol–water partition coefficient (Wildman–Crippen LogP) is 3.10. The average molecular weight is 300 g/mol. The highest BCUT2D eigenvalue weighted by Gasteiger charge is 2.19. The third-order valence-corrected chi connectivity index (χ3v) is 3.92. The molecular formula is C18H24N2O2. The van der Waals surface area contributed by atoms with Crippen LogP contribution in [0.1, 0.15) is 48.3 Å². The molecule has 2 aromatic rings. The average Bonchev–Trinajstić information content (AvgIpc) is 2.46. The SMILES string of the molecule is COc1ccc(C)cc1C(N)c1ccc(C)n(C(C)C)c1=O. The maximum atomic E-state index is 12.8. The highest BCUT2D eigenvalue weighted by molar-refractivity contribution is 5.43. The first-order valence-corrected chi connectivity index (χ1v) is 7.49. The number of ether oxygens (including phenoxy) is 1. The van der Waals surface area contributed by atoms with E-state index in [4.69, 9.17) is 10.5 Å². The standard InChI is InChI=1S/C18H24N2O2/c1-11(2)20-13(4)7-8-14(18(20)21)17(19)15-10-12(3)6-9-16(15)22-5/h6-11,17H,19H2,1-5H3. The normalized spacial score (nSPS) is 12.5. The molecule has 2 N–H and O–H groups in total. The number of aromatic nitrogens is 1. The minimum atomic E-state index is -0.507. The Kier molecular flexibility index (Phi) is 4.71. The molecule has 0 amide bonds. The van der Waals surface area contributed by atoms with Crippen molar-refractivity contribution in [2.75, 3.05) is 7.11 Å². The molecule has 1 aromatic heterocycles. The van der Waals surface area contributed by atoms with Crippen molar-refractivity contribution in [3.05, 3.63) is 63.1 Å². The zero-order valence-electron chi connectivity index (χ0n) is 13.9. The van der Waals surface area contributed by atoms with E-state index in [9.17, 15) is 4.79 Å². The monoisotopic (exact) mass is 300 g/mol. The van der Waals surface area contributed by atoms with Crippen molar-refractivity contribution < 1.29 is 4.74 Å². The molecule has 0 saturated heterocycles. The molecule has 1 aromatic carbocycles. The number of nitrogens with two attached hydrogens (primary N) is 1. The smallest absolute Gasteiger partial charge is 0.256 e. The van der Waals surface area contributed by atoms with E-state index >= 15 is 0 Å². The quantitative estimate of drug-likeness (QED) is 0.944. The van der Waals surface area contributed by atoms with Gasteiger partial charge in [-0.1, -0.05) is 17.7 Å². The van der Waals surface area contributed by atoms with Crippen molar-refractivity contribution in [3.63, 3.8) is 0 Å². The molecule has 4 nitrogen and oxygen atoms in total. The Morgan fingerprint density at radius 3 is 2.36 bits per heavy atom. The number of pyridine rings is 1. The van der Waals surface area contributed by atoms with Gasteiger partial charge in [-0.25, -0.2) is 0 Å². The van der Waals surface area contributed by atoms with Gasteiger partial charge >= 0.3 is 0 Å². The van der Waals surface area contributed by atoms with Crippen LogP contribution in [0.15, 0.2) is 35.1 Å². The van der Waals surface area contributed by atoms with Crippen molar-refractivity contribution >= 4 is 0 Å². The molecule has 0 saturated carbocycles. The van der Waals surface area contributed by atoms with Crippen LogP contribution in [0.4, 0.5) is 0 Å². The molecule has 1 unspecified atom stereocenters. The summed E-state index contributed by atoms with van der Waals surface area (Å²) in [5.41, 5.74) is 9.79. The molecular weight excluding hydrogens is 276 g/mol. The maximum Gasteiger partial charge on any atom is 0.256 e. The van der Waals surface area contributed by atoms with Crippen molar-refractivity contribution in [1.82, 2.24) is 4.57 Å². The molecule has 0 radical (unpaired) electrons. The summed E-state index contributed by atoms with van der Waals surface area (Å²) >= 11 is 0. The Balaban J connectivity index is 2.60. The number of hydrogen-bond donors (Lipinski definition) is 1. The fourth-order valence-electron chi connectivity index (χ4n) is 2.80. The van der Waals surface area contributed by atoms with E-state index in [0.29, 0.717) is 11.3 Å². The topological polar surface area (TPSA) is 57.2 Å². The lowest BCUT2D eigenvalue weighted by molar-refractivity contribution is 0.407. The minimum Gasteiger partial charge on any atom is -0.496 e. The Bertz CT molecular complexity index is 732. The van der Waals surface area contributed by atoms with Gasteiger partial charge in [-0.05, 0) is 45.9 Å². The summed E-state index contributed by atoms with van der Waals surface area (Å²) < 4.78 is 7.17. The van der Waals surface area contributed by atoms with Gasteiger partial charge in [0.05, 0.1) is 13.2 Å². The van der Waals surface area contributed by atoms with Crippen LogP contribution < -0.4 is 16.0 Å². The maximum absolute atomic E-state index is 12.8. The fraction of sp³-hybridized carbons (Fsp3) is 0.389. The molecule has 0 spiro atoms. The van der Waals surface area contributed by atoms with Crippen LogP contribution in [-0.4, -0.2) is 11.7 Å². The van der Waals surface area contributed by atoms with Gasteiger partial charge in [0.15, 0.2) is 0 Å². The van der Waals surface area contributed by atoms with Crippen LogP contribution in [0.2, 0.25) is 0 Å². The summed E-state index contributed by atoms with van der Waals surface area (Å²) in [6.07, 6.45) is 0. The van der Waals surface area contributed by atoms with E-state index in [2.05, 4.69) is 0 Å². The molecule has 0 aliphatic heterocycles. The summed E-state index contributed by atoms with van der Waals surface area (Å²) in [4.78, 5) is 12.8. The summed E-state index contributed by atoms with van der Waals surface area (Å²) in [6.45, 7) is 7.93. The van der Waals surface area contributed by atoms with Gasteiger partial charge in [0.1, 0.15) is 5.75 Å². The van der Waals surface area contributed by atoms with Gasteiger partial charge in [-0.15, -0.1) is 0 Å². The molecule has 0 bridgehead atoms.